The number of fused-ring (bicyclic) bond motifs is 1. The monoisotopic (exact) mass is 321 g/mol. The lowest BCUT2D eigenvalue weighted by atomic mass is 10.2. The molecule has 0 amide bonds. The highest BCUT2D eigenvalue weighted by atomic mass is 32.2. The predicted octanol–water partition coefficient (Wildman–Crippen LogP) is 1.67. The molecule has 0 radical (unpaired) electrons. The van der Waals surface area contributed by atoms with Crippen LogP contribution < -0.4 is 5.32 Å². The smallest absolute Gasteiger partial charge is 0.395 e. The van der Waals surface area contributed by atoms with Crippen LogP contribution in [0.25, 0.3) is 5.65 Å². The van der Waals surface area contributed by atoms with Crippen LogP contribution in [0.15, 0.2) is 12.1 Å². The van der Waals surface area contributed by atoms with Crippen LogP contribution in [0.1, 0.15) is 12.7 Å². The molecular formula is C11H14F3N5OS. The Morgan fingerprint density at radius 2 is 2.10 bits per heavy atom. The van der Waals surface area contributed by atoms with Crippen LogP contribution >= 0.6 is 11.8 Å². The third-order valence-electron chi connectivity index (χ3n) is 2.93. The normalized spacial score (nSPS) is 15.1. The Kier molecular flexibility index (Phi) is 4.57. The maximum Gasteiger partial charge on any atom is 0.453 e. The van der Waals surface area contributed by atoms with Gasteiger partial charge in [0.2, 0.25) is 0 Å². The number of anilines is 1. The molecule has 0 saturated heterocycles. The van der Waals surface area contributed by atoms with Gasteiger partial charge in [0.05, 0.1) is 6.61 Å². The number of hydrogen-bond donors (Lipinski definition) is 2. The Morgan fingerprint density at radius 3 is 2.67 bits per heavy atom. The van der Waals surface area contributed by atoms with Gasteiger partial charge in [0.25, 0.3) is 5.82 Å². The molecule has 0 aliphatic rings. The topological polar surface area (TPSA) is 75.3 Å². The molecule has 0 bridgehead atoms. The summed E-state index contributed by atoms with van der Waals surface area (Å²) in [7, 11) is 0. The molecule has 0 spiro atoms. The van der Waals surface area contributed by atoms with E-state index in [1.807, 2.05) is 13.2 Å². The van der Waals surface area contributed by atoms with Gasteiger partial charge in [-0.05, 0) is 25.3 Å². The lowest BCUT2D eigenvalue weighted by Crippen LogP contribution is -2.31. The second kappa shape index (κ2) is 6.06. The number of thioether (sulfide) groups is 1. The molecule has 6 nitrogen and oxygen atoms in total. The summed E-state index contributed by atoms with van der Waals surface area (Å²) in [4.78, 5) is 0. The van der Waals surface area contributed by atoms with Crippen LogP contribution in [0.3, 0.4) is 0 Å². The predicted molar refractivity (Wildman–Crippen MR) is 73.3 cm³/mol. The third-order valence-corrected chi connectivity index (χ3v) is 4.10. The van der Waals surface area contributed by atoms with Gasteiger partial charge >= 0.3 is 6.18 Å². The molecule has 0 aliphatic carbocycles. The molecule has 116 valence electrons. The lowest BCUT2D eigenvalue weighted by Gasteiger charge is -2.21. The minimum atomic E-state index is -4.62. The van der Waals surface area contributed by atoms with Crippen molar-refractivity contribution in [2.75, 3.05) is 18.2 Å². The zero-order valence-corrected chi connectivity index (χ0v) is 12.1. The van der Waals surface area contributed by atoms with Crippen molar-refractivity contribution >= 4 is 23.2 Å². The van der Waals surface area contributed by atoms with Gasteiger partial charge in [-0.3, -0.25) is 0 Å². The lowest BCUT2D eigenvalue weighted by molar-refractivity contribution is -0.146. The summed E-state index contributed by atoms with van der Waals surface area (Å²) in [5.41, 5.74) is 0.0177. The Labute approximate surface area is 122 Å². The second-order valence-corrected chi connectivity index (χ2v) is 5.48. The van der Waals surface area contributed by atoms with Crippen molar-refractivity contribution in [2.24, 2.45) is 0 Å². The van der Waals surface area contributed by atoms with E-state index in [1.54, 1.807) is 0 Å². The van der Waals surface area contributed by atoms with E-state index in [0.29, 0.717) is 4.52 Å². The van der Waals surface area contributed by atoms with Gasteiger partial charge in [-0.25, -0.2) is 0 Å². The summed E-state index contributed by atoms with van der Waals surface area (Å²) < 4.78 is 38.9. The zero-order chi connectivity index (χ0) is 15.6. The van der Waals surface area contributed by atoms with Crippen LogP contribution in [0.4, 0.5) is 19.0 Å². The first kappa shape index (κ1) is 15.8. The van der Waals surface area contributed by atoms with Crippen molar-refractivity contribution in [3.8, 4) is 0 Å². The van der Waals surface area contributed by atoms with Crippen LogP contribution in [0, 0.1) is 0 Å². The Bertz CT molecular complexity index is 613. The molecule has 2 aromatic heterocycles. The standard InChI is InChI=1S/C11H14F3N5OS/c1-6(7(5-20)21-2)15-8-3-4-9-16-17-10(11(12,13)14)19(9)18-8/h3-4,6-7,20H,5H2,1-2H3,(H,15,18). The molecule has 0 fully saturated rings. The number of halogens is 3. The van der Waals surface area contributed by atoms with E-state index >= 15 is 0 Å². The molecule has 2 rings (SSSR count). The number of nitrogens with one attached hydrogen (secondary N) is 1. The fourth-order valence-corrected chi connectivity index (χ4v) is 2.43. The molecule has 21 heavy (non-hydrogen) atoms. The summed E-state index contributed by atoms with van der Waals surface area (Å²) in [6.45, 7) is 1.78. The molecule has 2 N–H and O–H groups in total. The van der Waals surface area contributed by atoms with Gasteiger partial charge in [0, 0.05) is 11.3 Å². The maximum absolute atomic E-state index is 12.8. The van der Waals surface area contributed by atoms with Gasteiger partial charge in [0.15, 0.2) is 5.65 Å². The number of nitrogens with zero attached hydrogens (tertiary/aromatic N) is 4. The van der Waals surface area contributed by atoms with Gasteiger partial charge in [-0.15, -0.1) is 15.3 Å². The van der Waals surface area contributed by atoms with Crippen molar-refractivity contribution in [1.82, 2.24) is 19.8 Å². The fourth-order valence-electron chi connectivity index (χ4n) is 1.81. The van der Waals surface area contributed by atoms with Crippen LogP contribution in [-0.4, -0.2) is 49.1 Å². The molecule has 2 heterocycles. The second-order valence-electron chi connectivity index (χ2n) is 4.40. The molecule has 0 aliphatic heterocycles. The van der Waals surface area contributed by atoms with Gasteiger partial charge < -0.3 is 10.4 Å². The maximum atomic E-state index is 12.8. The van der Waals surface area contributed by atoms with E-state index in [-0.39, 0.29) is 29.4 Å². The number of rotatable bonds is 5. The third kappa shape index (κ3) is 3.38. The number of aliphatic hydroxyl groups excluding tert-OH is 1. The minimum absolute atomic E-state index is 0.0177. The zero-order valence-electron chi connectivity index (χ0n) is 11.3. The van der Waals surface area contributed by atoms with Crippen LogP contribution in [0.2, 0.25) is 0 Å². The summed E-state index contributed by atoms with van der Waals surface area (Å²) in [6, 6.07) is 2.76. The number of hydrogen-bond acceptors (Lipinski definition) is 6. The van der Waals surface area contributed by atoms with Crippen molar-refractivity contribution in [2.45, 2.75) is 24.4 Å². The Balaban J connectivity index is 2.30. The van der Waals surface area contributed by atoms with E-state index in [4.69, 9.17) is 0 Å². The Morgan fingerprint density at radius 1 is 1.38 bits per heavy atom. The molecular weight excluding hydrogens is 307 g/mol. The molecule has 10 heteroatoms. The summed E-state index contributed by atoms with van der Waals surface area (Å²) in [5.74, 6) is -0.912. The summed E-state index contributed by atoms with van der Waals surface area (Å²) in [5, 5.41) is 22.5. The SMILES string of the molecule is CSC(CO)C(C)Nc1ccc2nnc(C(F)(F)F)n2n1. The minimum Gasteiger partial charge on any atom is -0.395 e. The van der Waals surface area contributed by atoms with E-state index in [2.05, 4.69) is 20.6 Å². The molecule has 2 unspecified atom stereocenters. The van der Waals surface area contributed by atoms with Crippen LogP contribution in [-0.2, 0) is 6.18 Å². The first-order chi connectivity index (χ1) is 9.86. The number of alkyl halides is 3. The average molecular weight is 321 g/mol. The van der Waals surface area contributed by atoms with Crippen molar-refractivity contribution in [3.05, 3.63) is 18.0 Å². The van der Waals surface area contributed by atoms with Gasteiger partial charge in [-0.1, -0.05) is 0 Å². The highest BCUT2D eigenvalue weighted by Crippen LogP contribution is 2.27. The molecule has 2 atom stereocenters. The molecule has 2 aromatic rings. The number of aromatic nitrogens is 4. The first-order valence-corrected chi connectivity index (χ1v) is 7.35. The Hall–Kier alpha value is -1.55. The quantitative estimate of drug-likeness (QED) is 0.872. The van der Waals surface area contributed by atoms with Gasteiger partial charge in [0.1, 0.15) is 5.82 Å². The first-order valence-electron chi connectivity index (χ1n) is 6.06. The van der Waals surface area contributed by atoms with E-state index in [0.717, 1.165) is 0 Å². The largest absolute Gasteiger partial charge is 0.453 e. The fraction of sp³-hybridized carbons (Fsp3) is 0.545. The van der Waals surface area contributed by atoms with Crippen molar-refractivity contribution in [3.63, 3.8) is 0 Å². The molecule has 0 aromatic carbocycles. The average Bonchev–Trinajstić information content (AvgIpc) is 2.83. The summed E-state index contributed by atoms with van der Waals surface area (Å²) in [6.07, 6.45) is -2.78. The summed E-state index contributed by atoms with van der Waals surface area (Å²) >= 11 is 1.46. The van der Waals surface area contributed by atoms with E-state index < -0.39 is 12.0 Å². The highest BCUT2D eigenvalue weighted by molar-refractivity contribution is 7.99. The number of aliphatic hydroxyl groups is 1. The van der Waals surface area contributed by atoms with E-state index in [9.17, 15) is 18.3 Å². The van der Waals surface area contributed by atoms with E-state index in [1.165, 1.54) is 23.9 Å². The van der Waals surface area contributed by atoms with Crippen molar-refractivity contribution in [1.29, 1.82) is 0 Å². The van der Waals surface area contributed by atoms with Crippen LogP contribution in [0.5, 0.6) is 0 Å². The molecule has 0 saturated carbocycles. The van der Waals surface area contributed by atoms with Gasteiger partial charge in [-0.2, -0.15) is 29.4 Å². The highest BCUT2D eigenvalue weighted by Gasteiger charge is 2.37. The van der Waals surface area contributed by atoms with Crippen molar-refractivity contribution < 1.29 is 18.3 Å².